The molecule has 1 atom stereocenters. The SMILES string of the molecule is CN=C(NCCN1CCCCC1C)NCc1ccc(CN2CCCC2)cc1.I. The third kappa shape index (κ3) is 7.52. The lowest BCUT2D eigenvalue weighted by molar-refractivity contribution is 0.163. The van der Waals surface area contributed by atoms with Gasteiger partial charge in [-0.2, -0.15) is 0 Å². The number of nitrogens with zero attached hydrogens (tertiary/aromatic N) is 3. The van der Waals surface area contributed by atoms with E-state index in [-0.39, 0.29) is 24.0 Å². The van der Waals surface area contributed by atoms with Crippen molar-refractivity contribution in [1.82, 2.24) is 20.4 Å². The van der Waals surface area contributed by atoms with Crippen molar-refractivity contribution in [3.05, 3.63) is 35.4 Å². The fraction of sp³-hybridized carbons (Fsp3) is 0.682. The second kappa shape index (κ2) is 12.6. The summed E-state index contributed by atoms with van der Waals surface area (Å²) in [7, 11) is 1.85. The van der Waals surface area contributed by atoms with Crippen molar-refractivity contribution in [3.8, 4) is 0 Å². The van der Waals surface area contributed by atoms with Gasteiger partial charge in [-0.1, -0.05) is 30.7 Å². The lowest BCUT2D eigenvalue weighted by Gasteiger charge is -2.33. The maximum Gasteiger partial charge on any atom is 0.191 e. The Balaban J connectivity index is 0.00000280. The second-order valence-electron chi connectivity index (χ2n) is 8.03. The zero-order valence-electron chi connectivity index (χ0n) is 17.6. The van der Waals surface area contributed by atoms with Crippen LogP contribution in [-0.4, -0.2) is 61.6 Å². The largest absolute Gasteiger partial charge is 0.355 e. The molecule has 2 N–H and O–H groups in total. The molecule has 0 aromatic heterocycles. The third-order valence-electron chi connectivity index (χ3n) is 5.94. The summed E-state index contributed by atoms with van der Waals surface area (Å²) in [4.78, 5) is 9.49. The molecule has 0 bridgehead atoms. The molecule has 28 heavy (non-hydrogen) atoms. The van der Waals surface area contributed by atoms with Gasteiger partial charge in [0.2, 0.25) is 0 Å². The van der Waals surface area contributed by atoms with Crippen molar-refractivity contribution in [3.63, 3.8) is 0 Å². The van der Waals surface area contributed by atoms with Crippen LogP contribution in [-0.2, 0) is 13.1 Å². The predicted octanol–water partition coefficient (Wildman–Crippen LogP) is 3.44. The standard InChI is InChI=1S/C22H37N5.HI/c1-19-7-3-4-15-27(19)16-12-24-22(23-2)25-17-20-8-10-21(11-9-20)18-26-13-5-6-14-26;/h8-11,19H,3-7,12-18H2,1-2H3,(H2,23,24,25);1H. The van der Waals surface area contributed by atoms with Crippen LogP contribution in [0.25, 0.3) is 0 Å². The minimum atomic E-state index is 0. The van der Waals surface area contributed by atoms with Crippen molar-refractivity contribution in [2.24, 2.45) is 4.99 Å². The fourth-order valence-corrected chi connectivity index (χ4v) is 4.18. The van der Waals surface area contributed by atoms with Crippen LogP contribution in [0.3, 0.4) is 0 Å². The molecule has 3 rings (SSSR count). The number of rotatable bonds is 7. The number of hydrogen-bond donors (Lipinski definition) is 2. The molecule has 1 unspecified atom stereocenters. The van der Waals surface area contributed by atoms with E-state index in [1.54, 1.807) is 0 Å². The van der Waals surface area contributed by atoms with Crippen LogP contribution >= 0.6 is 24.0 Å². The van der Waals surface area contributed by atoms with E-state index in [4.69, 9.17) is 0 Å². The molecule has 0 aliphatic carbocycles. The van der Waals surface area contributed by atoms with Crippen LogP contribution in [0.15, 0.2) is 29.3 Å². The Kier molecular flexibility index (Phi) is 10.6. The molecule has 2 aliphatic rings. The highest BCUT2D eigenvalue weighted by molar-refractivity contribution is 14.0. The maximum absolute atomic E-state index is 4.36. The Labute approximate surface area is 188 Å². The minimum Gasteiger partial charge on any atom is -0.355 e. The van der Waals surface area contributed by atoms with E-state index < -0.39 is 0 Å². The van der Waals surface area contributed by atoms with Crippen molar-refractivity contribution in [2.75, 3.05) is 39.8 Å². The molecule has 1 aromatic carbocycles. The van der Waals surface area contributed by atoms with E-state index in [9.17, 15) is 0 Å². The summed E-state index contributed by atoms with van der Waals surface area (Å²) in [5.41, 5.74) is 2.71. The van der Waals surface area contributed by atoms with Gasteiger partial charge in [0, 0.05) is 39.3 Å². The van der Waals surface area contributed by atoms with Gasteiger partial charge in [0.05, 0.1) is 0 Å². The van der Waals surface area contributed by atoms with Crippen LogP contribution in [0.2, 0.25) is 0 Å². The molecule has 0 spiro atoms. The van der Waals surface area contributed by atoms with Gasteiger partial charge < -0.3 is 10.6 Å². The van der Waals surface area contributed by atoms with Gasteiger partial charge in [-0.05, 0) is 63.4 Å². The predicted molar refractivity (Wildman–Crippen MR) is 129 cm³/mol. The number of aliphatic imine (C=N–C) groups is 1. The summed E-state index contributed by atoms with van der Waals surface area (Å²) < 4.78 is 0. The van der Waals surface area contributed by atoms with E-state index in [0.29, 0.717) is 0 Å². The molecular weight excluding hydrogens is 461 g/mol. The van der Waals surface area contributed by atoms with Gasteiger partial charge in [0.1, 0.15) is 0 Å². The van der Waals surface area contributed by atoms with E-state index in [0.717, 1.165) is 38.2 Å². The molecule has 2 aliphatic heterocycles. The zero-order valence-corrected chi connectivity index (χ0v) is 20.0. The minimum absolute atomic E-state index is 0. The Morgan fingerprint density at radius 2 is 1.68 bits per heavy atom. The number of benzene rings is 1. The lowest BCUT2D eigenvalue weighted by atomic mass is 10.0. The molecule has 2 saturated heterocycles. The second-order valence-corrected chi connectivity index (χ2v) is 8.03. The van der Waals surface area contributed by atoms with Crippen LogP contribution < -0.4 is 10.6 Å². The van der Waals surface area contributed by atoms with E-state index in [1.165, 1.54) is 62.9 Å². The van der Waals surface area contributed by atoms with Crippen LogP contribution in [0, 0.1) is 0 Å². The summed E-state index contributed by atoms with van der Waals surface area (Å²) in [6.07, 6.45) is 6.76. The van der Waals surface area contributed by atoms with Crippen molar-refractivity contribution in [2.45, 2.75) is 58.2 Å². The number of guanidine groups is 1. The molecule has 1 aromatic rings. The summed E-state index contributed by atoms with van der Waals surface area (Å²) in [6.45, 7) is 10.0. The number of piperidine rings is 1. The number of nitrogens with one attached hydrogen (secondary N) is 2. The van der Waals surface area contributed by atoms with Crippen molar-refractivity contribution >= 4 is 29.9 Å². The Morgan fingerprint density at radius 3 is 2.36 bits per heavy atom. The topological polar surface area (TPSA) is 42.9 Å². The van der Waals surface area contributed by atoms with Crippen molar-refractivity contribution in [1.29, 1.82) is 0 Å². The van der Waals surface area contributed by atoms with E-state index in [1.807, 2.05) is 7.05 Å². The molecule has 5 nitrogen and oxygen atoms in total. The van der Waals surface area contributed by atoms with E-state index >= 15 is 0 Å². The number of hydrogen-bond acceptors (Lipinski definition) is 3. The Hall–Kier alpha value is -0.860. The molecule has 0 saturated carbocycles. The summed E-state index contributed by atoms with van der Waals surface area (Å²) >= 11 is 0. The first-order valence-electron chi connectivity index (χ1n) is 10.7. The monoisotopic (exact) mass is 499 g/mol. The lowest BCUT2D eigenvalue weighted by Crippen LogP contribution is -2.45. The van der Waals surface area contributed by atoms with Gasteiger partial charge in [-0.25, -0.2) is 0 Å². The average Bonchev–Trinajstić information content (AvgIpc) is 3.20. The highest BCUT2D eigenvalue weighted by Gasteiger charge is 2.17. The normalized spacial score (nSPS) is 21.4. The van der Waals surface area contributed by atoms with Gasteiger partial charge in [-0.3, -0.25) is 14.8 Å². The maximum atomic E-state index is 4.36. The summed E-state index contributed by atoms with van der Waals surface area (Å²) in [6, 6.07) is 9.73. The molecule has 6 heteroatoms. The van der Waals surface area contributed by atoms with Crippen LogP contribution in [0.1, 0.15) is 50.2 Å². The first-order valence-corrected chi connectivity index (χ1v) is 10.7. The molecule has 158 valence electrons. The molecule has 0 radical (unpaired) electrons. The van der Waals surface area contributed by atoms with Crippen molar-refractivity contribution < 1.29 is 0 Å². The Morgan fingerprint density at radius 1 is 1.00 bits per heavy atom. The van der Waals surface area contributed by atoms with Crippen LogP contribution in [0.4, 0.5) is 0 Å². The highest BCUT2D eigenvalue weighted by atomic mass is 127. The third-order valence-corrected chi connectivity index (χ3v) is 5.94. The molecule has 2 heterocycles. The zero-order chi connectivity index (χ0) is 18.9. The number of halogens is 1. The summed E-state index contributed by atoms with van der Waals surface area (Å²) in [5, 5.41) is 6.89. The Bertz CT molecular complexity index is 583. The fourth-order valence-electron chi connectivity index (χ4n) is 4.18. The van der Waals surface area contributed by atoms with Crippen LogP contribution in [0.5, 0.6) is 0 Å². The van der Waals surface area contributed by atoms with E-state index in [2.05, 4.69) is 56.6 Å². The first-order chi connectivity index (χ1) is 13.2. The quantitative estimate of drug-likeness (QED) is 0.343. The van der Waals surface area contributed by atoms with Gasteiger partial charge in [0.15, 0.2) is 5.96 Å². The summed E-state index contributed by atoms with van der Waals surface area (Å²) in [5.74, 6) is 0.890. The smallest absolute Gasteiger partial charge is 0.191 e. The molecule has 0 amide bonds. The number of likely N-dealkylation sites (tertiary alicyclic amines) is 2. The van der Waals surface area contributed by atoms with Gasteiger partial charge in [-0.15, -0.1) is 24.0 Å². The average molecular weight is 499 g/mol. The highest BCUT2D eigenvalue weighted by Crippen LogP contribution is 2.15. The molecule has 2 fully saturated rings. The van der Waals surface area contributed by atoms with Gasteiger partial charge in [0.25, 0.3) is 0 Å². The molecular formula is C22H38IN5. The van der Waals surface area contributed by atoms with Gasteiger partial charge >= 0.3 is 0 Å². The first kappa shape index (κ1) is 23.4.